The predicted molar refractivity (Wildman–Crippen MR) is 245 cm³/mol. The number of hydrogen-bond donors (Lipinski definition) is 0. The lowest BCUT2D eigenvalue weighted by atomic mass is 9.49. The van der Waals surface area contributed by atoms with Gasteiger partial charge in [0.15, 0.2) is 0 Å². The van der Waals surface area contributed by atoms with Crippen molar-refractivity contribution in [1.29, 1.82) is 0 Å². The third kappa shape index (κ3) is 17.9. The molecule has 0 heteroatoms. The molecule has 0 saturated heterocycles. The van der Waals surface area contributed by atoms with E-state index in [9.17, 15) is 0 Å². The SMILES string of the molecule is C.C1CC1.C=CCCC(=C)C=C.CC.CC.CC.CC(C)CCCCC1CCC2C3(C)C=CC/C=C4/CC(C)CCC4(C)C3CCCC12C.CCC. The van der Waals surface area contributed by atoms with Gasteiger partial charge in [0.25, 0.3) is 0 Å². The first-order chi connectivity index (χ1) is 24.4. The van der Waals surface area contributed by atoms with Gasteiger partial charge in [0.2, 0.25) is 0 Å². The molecule has 5 aliphatic rings. The Labute approximate surface area is 332 Å². The molecule has 0 heterocycles. The molecule has 5 rings (SSSR count). The maximum Gasteiger partial charge on any atom is -0.00764 e. The molecule has 4 saturated carbocycles. The minimum Gasteiger partial charge on any atom is -0.103 e. The molecular weight excluding hydrogens is 625 g/mol. The number of hydrogen-bond acceptors (Lipinski definition) is 0. The molecule has 4 fully saturated rings. The summed E-state index contributed by atoms with van der Waals surface area (Å²) < 4.78 is 0. The van der Waals surface area contributed by atoms with E-state index in [0.29, 0.717) is 16.2 Å². The molecule has 0 N–H and O–H groups in total. The van der Waals surface area contributed by atoms with Crippen molar-refractivity contribution in [3.63, 3.8) is 0 Å². The lowest BCUT2D eigenvalue weighted by Crippen LogP contribution is -2.48. The molecule has 308 valence electrons. The fourth-order valence-electron chi connectivity index (χ4n) is 9.66. The van der Waals surface area contributed by atoms with Gasteiger partial charge in [-0.3, -0.25) is 0 Å². The van der Waals surface area contributed by atoms with E-state index >= 15 is 0 Å². The second kappa shape index (κ2) is 31.0. The van der Waals surface area contributed by atoms with Crippen LogP contribution >= 0.6 is 0 Å². The van der Waals surface area contributed by atoms with Crippen LogP contribution in [-0.2, 0) is 0 Å². The number of rotatable bonds is 9. The number of allylic oxidation sites excluding steroid dienone is 7. The molecule has 0 amide bonds. The summed E-state index contributed by atoms with van der Waals surface area (Å²) in [5.41, 5.74) is 4.30. The van der Waals surface area contributed by atoms with Crippen molar-refractivity contribution < 1.29 is 0 Å². The smallest absolute Gasteiger partial charge is 0.00764 e. The molecule has 0 aromatic rings. The van der Waals surface area contributed by atoms with E-state index in [1.165, 1.54) is 109 Å². The van der Waals surface area contributed by atoms with Gasteiger partial charge in [-0.2, -0.15) is 0 Å². The summed E-state index contributed by atoms with van der Waals surface area (Å²) in [6.45, 7) is 42.6. The molecule has 7 atom stereocenters. The standard InChI is InChI=1S/C31H52.C8H12.C3H6.C3H8.3C2H6.CH4/c1-23(2)12-7-8-13-25-16-17-28-29(25,4)20-11-15-27-30(5)21-18-24(3)22-26(30)14-9-10-19-31(27,28)6;1-4-6-7-8(3)5-2;1-2-3-1;1-3-2;3*1-2;/h10,14,19,23-25,27-28H,7-9,11-13,15-18,20-22H2,1-6H3;4-5H,1-3,6-7H2;1-3H2;3H2,1-2H3;3*1-2H3;1H4/b19-10?,26-14-;;;;;;;. The molecule has 52 heavy (non-hydrogen) atoms. The predicted octanol–water partition coefficient (Wildman–Crippen LogP) is 18.8. The van der Waals surface area contributed by atoms with E-state index in [4.69, 9.17) is 0 Å². The molecule has 0 nitrogen and oxygen atoms in total. The van der Waals surface area contributed by atoms with Gasteiger partial charge < -0.3 is 0 Å². The largest absolute Gasteiger partial charge is 0.103 e. The van der Waals surface area contributed by atoms with Crippen molar-refractivity contribution in [3.8, 4) is 0 Å². The lowest BCUT2D eigenvalue weighted by Gasteiger charge is -2.55. The van der Waals surface area contributed by atoms with Gasteiger partial charge in [-0.1, -0.05) is 210 Å². The van der Waals surface area contributed by atoms with E-state index in [2.05, 4.69) is 93.4 Å². The van der Waals surface area contributed by atoms with Gasteiger partial charge in [0.05, 0.1) is 0 Å². The third-order valence-electron chi connectivity index (χ3n) is 12.3. The molecule has 0 radical (unpaired) electrons. The Balaban J connectivity index is -0.000000951. The van der Waals surface area contributed by atoms with Crippen LogP contribution in [0.3, 0.4) is 0 Å². The van der Waals surface area contributed by atoms with Crippen LogP contribution in [-0.4, -0.2) is 0 Å². The fourth-order valence-corrected chi connectivity index (χ4v) is 9.66. The Bertz CT molecular complexity index is 940. The van der Waals surface area contributed by atoms with Crippen LogP contribution in [0.4, 0.5) is 0 Å². The summed E-state index contributed by atoms with van der Waals surface area (Å²) in [6.07, 6.45) is 38.0. The van der Waals surface area contributed by atoms with Crippen molar-refractivity contribution in [2.24, 2.45) is 45.8 Å². The Morgan fingerprint density at radius 2 is 1.44 bits per heavy atom. The second-order valence-electron chi connectivity index (χ2n) is 16.9. The topological polar surface area (TPSA) is 0 Å². The highest BCUT2D eigenvalue weighted by Crippen LogP contribution is 2.68. The quantitative estimate of drug-likeness (QED) is 0.126. The zero-order valence-corrected chi connectivity index (χ0v) is 37.8. The van der Waals surface area contributed by atoms with Gasteiger partial charge in [0, 0.05) is 0 Å². The van der Waals surface area contributed by atoms with E-state index < -0.39 is 0 Å². The van der Waals surface area contributed by atoms with Crippen LogP contribution < -0.4 is 0 Å². The van der Waals surface area contributed by atoms with Crippen molar-refractivity contribution in [3.05, 3.63) is 61.3 Å². The zero-order chi connectivity index (χ0) is 39.5. The molecule has 0 aromatic heterocycles. The molecule has 5 aliphatic carbocycles. The van der Waals surface area contributed by atoms with Crippen LogP contribution in [0.15, 0.2) is 61.3 Å². The normalized spacial score (nSPS) is 31.2. The number of fused-ring (bicyclic) bond motifs is 5. The molecule has 0 bridgehead atoms. The van der Waals surface area contributed by atoms with Gasteiger partial charge >= 0.3 is 0 Å². The van der Waals surface area contributed by atoms with Crippen molar-refractivity contribution in [1.82, 2.24) is 0 Å². The summed E-state index contributed by atoms with van der Waals surface area (Å²) >= 11 is 0. The summed E-state index contributed by atoms with van der Waals surface area (Å²) in [4.78, 5) is 0. The Kier molecular flexibility index (Phi) is 32.8. The Hall–Kier alpha value is -1.30. The zero-order valence-electron chi connectivity index (χ0n) is 37.8. The molecule has 7 unspecified atom stereocenters. The van der Waals surface area contributed by atoms with Crippen LogP contribution in [0.5, 0.6) is 0 Å². The first kappa shape index (κ1) is 55.0. The van der Waals surface area contributed by atoms with Gasteiger partial charge in [-0.05, 0) is 116 Å². The van der Waals surface area contributed by atoms with E-state index in [1.54, 1.807) is 6.08 Å². The maximum atomic E-state index is 3.74. The highest BCUT2D eigenvalue weighted by molar-refractivity contribution is 5.27. The summed E-state index contributed by atoms with van der Waals surface area (Å²) in [6, 6.07) is 0. The molecule has 0 aliphatic heterocycles. The van der Waals surface area contributed by atoms with Crippen molar-refractivity contribution in [2.75, 3.05) is 0 Å². The van der Waals surface area contributed by atoms with Gasteiger partial charge in [-0.15, -0.1) is 6.58 Å². The minimum absolute atomic E-state index is 0. The van der Waals surface area contributed by atoms with E-state index in [1.807, 2.05) is 53.2 Å². The second-order valence-corrected chi connectivity index (χ2v) is 16.9. The Morgan fingerprint density at radius 3 is 1.96 bits per heavy atom. The number of unbranched alkanes of at least 4 members (excludes halogenated alkanes) is 1. The van der Waals surface area contributed by atoms with E-state index in [-0.39, 0.29) is 7.43 Å². The summed E-state index contributed by atoms with van der Waals surface area (Å²) in [5.74, 6) is 4.43. The van der Waals surface area contributed by atoms with Crippen LogP contribution in [0.2, 0.25) is 0 Å². The first-order valence-electron chi connectivity index (χ1n) is 22.7. The monoisotopic (exact) mass is 725 g/mol. The fraction of sp³-hybridized carbons (Fsp3) is 0.808. The third-order valence-corrected chi connectivity index (χ3v) is 12.3. The minimum atomic E-state index is 0. The average Bonchev–Trinajstić information content (AvgIpc) is 3.99. The van der Waals surface area contributed by atoms with Crippen molar-refractivity contribution >= 4 is 0 Å². The molecular formula is C52H100. The lowest BCUT2D eigenvalue weighted by molar-refractivity contribution is -0.00322. The molecule has 0 aromatic carbocycles. The van der Waals surface area contributed by atoms with Gasteiger partial charge in [0.1, 0.15) is 0 Å². The van der Waals surface area contributed by atoms with Gasteiger partial charge in [-0.25, -0.2) is 0 Å². The molecule has 0 spiro atoms. The summed E-state index contributed by atoms with van der Waals surface area (Å²) in [5, 5.41) is 0. The average molecular weight is 725 g/mol. The van der Waals surface area contributed by atoms with Crippen LogP contribution in [0.25, 0.3) is 0 Å². The van der Waals surface area contributed by atoms with E-state index in [0.717, 1.165) is 48.0 Å². The first-order valence-corrected chi connectivity index (χ1v) is 22.7. The Morgan fingerprint density at radius 1 is 0.846 bits per heavy atom. The van der Waals surface area contributed by atoms with Crippen LogP contribution in [0.1, 0.15) is 226 Å². The summed E-state index contributed by atoms with van der Waals surface area (Å²) in [7, 11) is 0. The van der Waals surface area contributed by atoms with Crippen LogP contribution in [0, 0.1) is 45.8 Å². The highest BCUT2D eigenvalue weighted by atomic mass is 14.6. The van der Waals surface area contributed by atoms with Crippen molar-refractivity contribution in [2.45, 2.75) is 226 Å². The maximum absolute atomic E-state index is 3.74. The highest BCUT2D eigenvalue weighted by Gasteiger charge is 2.59.